The van der Waals surface area contributed by atoms with Gasteiger partial charge < -0.3 is 33.9 Å². The Bertz CT molecular complexity index is 1900. The second-order valence-electron chi connectivity index (χ2n) is 12.0. The number of ketones is 1. The minimum atomic E-state index is -0.0474. The molecule has 0 bridgehead atoms. The number of fused-ring (bicyclic) bond motifs is 2. The lowest BCUT2D eigenvalue weighted by molar-refractivity contribution is -0.669. The molecule has 0 fully saturated rings. The Morgan fingerprint density at radius 3 is 2.35 bits per heavy atom. The van der Waals surface area contributed by atoms with Gasteiger partial charge in [-0.1, -0.05) is 42.5 Å². The Labute approximate surface area is 291 Å². The zero-order chi connectivity index (χ0) is 34.3. The summed E-state index contributed by atoms with van der Waals surface area (Å²) in [4.78, 5) is 19.5. The fourth-order valence-corrected chi connectivity index (χ4v) is 7.26. The molecule has 0 saturated heterocycles. The van der Waals surface area contributed by atoms with Crippen molar-refractivity contribution in [2.75, 3.05) is 68.3 Å². The van der Waals surface area contributed by atoms with Crippen LogP contribution >= 0.6 is 11.8 Å². The van der Waals surface area contributed by atoms with Gasteiger partial charge in [0.2, 0.25) is 5.58 Å². The highest BCUT2D eigenvalue weighted by Gasteiger charge is 2.38. The van der Waals surface area contributed by atoms with Crippen molar-refractivity contribution in [2.24, 2.45) is 0 Å². The molecule has 256 valence electrons. The van der Waals surface area contributed by atoms with Crippen LogP contribution in [0.4, 0.5) is 11.4 Å². The van der Waals surface area contributed by atoms with Crippen LogP contribution < -0.4 is 14.4 Å². The zero-order valence-corrected chi connectivity index (χ0v) is 29.2. The van der Waals surface area contributed by atoms with Crippen LogP contribution in [-0.2, 0) is 20.8 Å². The molecular formula is C39H44N3O6S+. The third-order valence-corrected chi connectivity index (χ3v) is 9.68. The number of thioether (sulfide) groups is 1. The van der Waals surface area contributed by atoms with E-state index >= 15 is 0 Å². The van der Waals surface area contributed by atoms with Gasteiger partial charge in [0.1, 0.15) is 5.82 Å². The Kier molecular flexibility index (Phi) is 11.3. The van der Waals surface area contributed by atoms with Crippen LogP contribution in [0.2, 0.25) is 0 Å². The van der Waals surface area contributed by atoms with E-state index in [0.29, 0.717) is 49.1 Å². The summed E-state index contributed by atoms with van der Waals surface area (Å²) in [6.07, 6.45) is 3.88. The molecular weight excluding hydrogens is 639 g/mol. The van der Waals surface area contributed by atoms with Gasteiger partial charge in [-0.2, -0.15) is 4.57 Å². The standard InChI is InChI=1S/C39H44N3O6S/c1-4-40-34-22-27(2)10-12-32(34)41(14-17-46-18-15-43)36(40)24-30-38(45)31(39(30)49-21-20-47-19-16-44)25-37-42(26-29-8-6-5-7-9-29)33-13-11-28(3)23-35(33)48-37/h5-13,22-25,43-44H,4,14-21,26H2,1-3H3/q+1. The van der Waals surface area contributed by atoms with Crippen molar-refractivity contribution < 1.29 is 33.5 Å². The van der Waals surface area contributed by atoms with Crippen LogP contribution in [0.1, 0.15) is 29.5 Å². The van der Waals surface area contributed by atoms with Crippen LogP contribution in [0.5, 0.6) is 0 Å². The summed E-state index contributed by atoms with van der Waals surface area (Å²) in [6.45, 7) is 9.45. The van der Waals surface area contributed by atoms with Gasteiger partial charge in [-0.05, 0) is 56.2 Å². The highest BCUT2D eigenvalue weighted by atomic mass is 32.2. The first-order valence-electron chi connectivity index (χ1n) is 16.8. The summed E-state index contributed by atoms with van der Waals surface area (Å²) >= 11 is 1.58. The number of benzene rings is 3. The Morgan fingerprint density at radius 1 is 0.857 bits per heavy atom. The smallest absolute Gasteiger partial charge is 0.375 e. The third-order valence-electron chi connectivity index (χ3n) is 8.58. The van der Waals surface area contributed by atoms with E-state index in [-0.39, 0.29) is 32.2 Å². The van der Waals surface area contributed by atoms with Gasteiger partial charge in [-0.15, -0.1) is 11.8 Å². The first kappa shape index (κ1) is 34.7. The fraction of sp³-hybridized carbons (Fsp3) is 0.333. The van der Waals surface area contributed by atoms with Gasteiger partial charge in [0, 0.05) is 46.5 Å². The molecule has 0 unspecified atom stereocenters. The summed E-state index contributed by atoms with van der Waals surface area (Å²) < 4.78 is 19.8. The van der Waals surface area contributed by atoms with E-state index in [2.05, 4.69) is 70.7 Å². The van der Waals surface area contributed by atoms with E-state index in [1.165, 1.54) is 0 Å². The highest BCUT2D eigenvalue weighted by molar-refractivity contribution is 8.03. The second-order valence-corrected chi connectivity index (χ2v) is 13.1. The molecule has 2 heterocycles. The molecule has 3 aromatic carbocycles. The summed E-state index contributed by atoms with van der Waals surface area (Å²) in [5.41, 5.74) is 8.49. The van der Waals surface area contributed by atoms with Crippen molar-refractivity contribution in [3.05, 3.63) is 117 Å². The number of rotatable bonds is 16. The number of aryl methyl sites for hydroxylation is 2. The number of hydrogen-bond donors (Lipinski definition) is 2. The Hall–Kier alpha value is -4.19. The minimum absolute atomic E-state index is 0.0329. The first-order valence-corrected chi connectivity index (χ1v) is 17.8. The number of ether oxygens (including phenoxy) is 2. The number of hydrogen-bond acceptors (Lipinski definition) is 9. The van der Waals surface area contributed by atoms with Crippen molar-refractivity contribution in [1.82, 2.24) is 0 Å². The van der Waals surface area contributed by atoms with Crippen molar-refractivity contribution in [1.29, 1.82) is 0 Å². The molecule has 2 aliphatic rings. The topological polar surface area (TPSA) is 99.5 Å². The predicted molar refractivity (Wildman–Crippen MR) is 195 cm³/mol. The normalized spacial score (nSPS) is 16.1. The van der Waals surface area contributed by atoms with E-state index in [1.807, 2.05) is 43.3 Å². The average molecular weight is 683 g/mol. The first-order chi connectivity index (χ1) is 23.9. The fourth-order valence-electron chi connectivity index (χ4n) is 6.24. The number of oxazole rings is 1. The lowest BCUT2D eigenvalue weighted by Crippen LogP contribution is -2.36. The van der Waals surface area contributed by atoms with Gasteiger partial charge >= 0.3 is 5.89 Å². The van der Waals surface area contributed by atoms with Crippen LogP contribution in [0.25, 0.3) is 17.2 Å². The molecule has 10 heteroatoms. The molecule has 0 amide bonds. The summed E-state index contributed by atoms with van der Waals surface area (Å²) in [6, 6.07) is 22.8. The molecule has 1 aliphatic carbocycles. The summed E-state index contributed by atoms with van der Waals surface area (Å²) in [5.74, 6) is 2.08. The van der Waals surface area contributed by atoms with Crippen molar-refractivity contribution in [3.63, 3.8) is 0 Å². The van der Waals surface area contributed by atoms with E-state index in [0.717, 1.165) is 56.4 Å². The van der Waals surface area contributed by atoms with Crippen molar-refractivity contribution >= 4 is 46.1 Å². The number of carbonyl (C=O) groups excluding carboxylic acids is 1. The quantitative estimate of drug-likeness (QED) is 0.0897. The maximum absolute atomic E-state index is 14.2. The lowest BCUT2D eigenvalue weighted by Gasteiger charge is -2.28. The number of aromatic nitrogens is 1. The maximum atomic E-state index is 14.2. The van der Waals surface area contributed by atoms with Crippen LogP contribution in [-0.4, -0.2) is 74.5 Å². The maximum Gasteiger partial charge on any atom is 0.375 e. The molecule has 6 rings (SSSR count). The molecule has 0 spiro atoms. The van der Waals surface area contributed by atoms with E-state index in [1.54, 1.807) is 11.8 Å². The number of anilines is 2. The van der Waals surface area contributed by atoms with Gasteiger partial charge in [0.15, 0.2) is 12.3 Å². The van der Waals surface area contributed by atoms with E-state index in [4.69, 9.17) is 13.9 Å². The number of aliphatic hydroxyl groups is 2. The zero-order valence-electron chi connectivity index (χ0n) is 28.4. The van der Waals surface area contributed by atoms with E-state index < -0.39 is 0 Å². The number of carbonyl (C=O) groups is 1. The van der Waals surface area contributed by atoms with Crippen LogP contribution in [0.3, 0.4) is 0 Å². The second kappa shape index (κ2) is 16.0. The van der Waals surface area contributed by atoms with Crippen molar-refractivity contribution in [3.8, 4) is 0 Å². The lowest BCUT2D eigenvalue weighted by atomic mass is 9.89. The van der Waals surface area contributed by atoms with Gasteiger partial charge in [0.25, 0.3) is 5.52 Å². The molecule has 0 radical (unpaired) electrons. The Balaban J connectivity index is 1.42. The molecule has 0 atom stereocenters. The monoisotopic (exact) mass is 682 g/mol. The average Bonchev–Trinajstić information content (AvgIpc) is 3.59. The highest BCUT2D eigenvalue weighted by Crippen LogP contribution is 2.46. The summed E-state index contributed by atoms with van der Waals surface area (Å²) in [7, 11) is 0. The van der Waals surface area contributed by atoms with Crippen LogP contribution in [0, 0.1) is 13.8 Å². The van der Waals surface area contributed by atoms with Gasteiger partial charge in [-0.3, -0.25) is 4.79 Å². The number of Topliss-reactive ketones (excluding diaryl/α,β-unsaturated/α-hetero) is 1. The molecule has 4 aromatic rings. The van der Waals surface area contributed by atoms with Gasteiger partial charge in [0.05, 0.1) is 57.1 Å². The molecule has 1 aromatic heterocycles. The molecule has 9 nitrogen and oxygen atoms in total. The molecule has 49 heavy (non-hydrogen) atoms. The van der Waals surface area contributed by atoms with E-state index in [9.17, 15) is 15.0 Å². The van der Waals surface area contributed by atoms with Crippen LogP contribution in [0.15, 0.2) is 99.1 Å². The van der Waals surface area contributed by atoms with Gasteiger partial charge in [-0.25, -0.2) is 0 Å². The molecule has 1 aliphatic heterocycles. The minimum Gasteiger partial charge on any atom is -0.398 e. The third kappa shape index (κ3) is 7.54. The predicted octanol–water partition coefficient (Wildman–Crippen LogP) is 5.54. The molecule has 0 saturated carbocycles. The molecule has 2 N–H and O–H groups in total. The largest absolute Gasteiger partial charge is 0.398 e. The number of allylic oxidation sites excluding steroid dienone is 3. The Morgan fingerprint density at radius 2 is 1.59 bits per heavy atom. The SMILES string of the molecule is CCN1C(=CC2=C(SCCOCCO)C(=Cc3oc4cc(C)ccc4[n+]3Cc3ccccc3)C2=O)N(CCOCCO)c2ccc(C)cc21. The number of aliphatic hydroxyl groups excluding tert-OH is 2. The number of nitrogens with zero attached hydrogens (tertiary/aromatic N) is 3. The van der Waals surface area contributed by atoms with Crippen molar-refractivity contribution in [2.45, 2.75) is 27.3 Å². The summed E-state index contributed by atoms with van der Waals surface area (Å²) in [5, 5.41) is 18.4.